The summed E-state index contributed by atoms with van der Waals surface area (Å²) >= 11 is 0. The average molecular weight is 424 g/mol. The van der Waals surface area contributed by atoms with E-state index in [1.807, 2.05) is 54.6 Å². The Morgan fingerprint density at radius 1 is 0.875 bits per heavy atom. The molecule has 4 heteroatoms. The summed E-state index contributed by atoms with van der Waals surface area (Å²) < 4.78 is 1.58. The summed E-state index contributed by atoms with van der Waals surface area (Å²) in [5.41, 5.74) is 2.56. The van der Waals surface area contributed by atoms with Crippen molar-refractivity contribution in [3.05, 3.63) is 126 Å². The van der Waals surface area contributed by atoms with Gasteiger partial charge in [-0.05, 0) is 22.6 Å². The lowest BCUT2D eigenvalue weighted by atomic mass is 9.75. The second-order valence-electron chi connectivity index (χ2n) is 8.16. The zero-order chi connectivity index (χ0) is 22.4. The van der Waals surface area contributed by atoms with Crippen LogP contribution in [0.2, 0.25) is 0 Å². The zero-order valence-corrected chi connectivity index (χ0v) is 18.6. The Morgan fingerprint density at radius 2 is 1.34 bits per heavy atom. The maximum atomic E-state index is 13.6. The van der Waals surface area contributed by atoms with Crippen LogP contribution < -0.4 is 5.32 Å². The van der Waals surface area contributed by atoms with Crippen molar-refractivity contribution in [2.45, 2.75) is 31.8 Å². The molecule has 1 N–H and O–H groups in total. The molecule has 0 radical (unpaired) electrons. The standard InChI is InChI=1S/C28H29N3O/c1-3-22(2)26(27(32)31-20-19-29-21-31)30-28(23-13-7-4-8-14-23,24-15-9-5-10-16-24)25-17-11-6-12-18-25/h4-22,26,30H,3H2,1-2H3. The van der Waals surface area contributed by atoms with Crippen molar-refractivity contribution in [2.75, 3.05) is 0 Å². The van der Waals surface area contributed by atoms with Gasteiger partial charge in [0.2, 0.25) is 5.91 Å². The van der Waals surface area contributed by atoms with Crippen molar-refractivity contribution < 1.29 is 4.79 Å². The Kier molecular flexibility index (Phi) is 6.62. The first-order valence-electron chi connectivity index (χ1n) is 11.1. The maximum Gasteiger partial charge on any atom is 0.249 e. The van der Waals surface area contributed by atoms with Gasteiger partial charge in [0.25, 0.3) is 0 Å². The van der Waals surface area contributed by atoms with Crippen LogP contribution in [0.4, 0.5) is 0 Å². The number of rotatable bonds is 8. The van der Waals surface area contributed by atoms with Gasteiger partial charge in [-0.15, -0.1) is 0 Å². The highest BCUT2D eigenvalue weighted by molar-refractivity contribution is 5.84. The fraction of sp³-hybridized carbons (Fsp3) is 0.214. The van der Waals surface area contributed by atoms with Crippen molar-refractivity contribution in [1.82, 2.24) is 14.9 Å². The van der Waals surface area contributed by atoms with E-state index in [4.69, 9.17) is 0 Å². The molecular formula is C28H29N3O. The van der Waals surface area contributed by atoms with Crippen LogP contribution in [0.1, 0.15) is 41.8 Å². The van der Waals surface area contributed by atoms with Crippen LogP contribution >= 0.6 is 0 Å². The number of carbonyl (C=O) groups is 1. The predicted molar refractivity (Wildman–Crippen MR) is 128 cm³/mol. The Morgan fingerprint density at radius 3 is 1.72 bits per heavy atom. The lowest BCUT2D eigenvalue weighted by Crippen LogP contribution is -2.55. The van der Waals surface area contributed by atoms with E-state index in [9.17, 15) is 4.79 Å². The van der Waals surface area contributed by atoms with Gasteiger partial charge in [-0.3, -0.25) is 14.7 Å². The molecule has 32 heavy (non-hydrogen) atoms. The third kappa shape index (κ3) is 4.14. The Balaban J connectivity index is 1.95. The summed E-state index contributed by atoms with van der Waals surface area (Å²) in [5.74, 6) is 0.101. The Labute approximate surface area is 190 Å². The molecule has 0 fully saturated rings. The largest absolute Gasteiger partial charge is 0.288 e. The van der Waals surface area contributed by atoms with Gasteiger partial charge in [-0.25, -0.2) is 4.98 Å². The Bertz CT molecular complexity index is 1010. The van der Waals surface area contributed by atoms with Crippen LogP contribution in [0.3, 0.4) is 0 Å². The van der Waals surface area contributed by atoms with Gasteiger partial charge in [0.05, 0.1) is 11.6 Å². The molecular weight excluding hydrogens is 394 g/mol. The minimum absolute atomic E-state index is 0.0102. The van der Waals surface area contributed by atoms with Gasteiger partial charge in [-0.2, -0.15) is 0 Å². The molecule has 162 valence electrons. The zero-order valence-electron chi connectivity index (χ0n) is 18.6. The SMILES string of the molecule is CCC(C)C(NC(c1ccccc1)(c1ccccc1)c1ccccc1)C(=O)n1ccnc1. The summed E-state index contributed by atoms with van der Waals surface area (Å²) in [4.78, 5) is 17.7. The van der Waals surface area contributed by atoms with E-state index in [-0.39, 0.29) is 11.8 Å². The predicted octanol–water partition coefficient (Wildman–Crippen LogP) is 5.52. The van der Waals surface area contributed by atoms with Crippen LogP contribution in [-0.2, 0) is 5.54 Å². The smallest absolute Gasteiger partial charge is 0.249 e. The second-order valence-corrected chi connectivity index (χ2v) is 8.16. The van der Waals surface area contributed by atoms with Gasteiger partial charge in [-0.1, -0.05) is 111 Å². The molecule has 0 bridgehead atoms. The van der Waals surface area contributed by atoms with Crippen LogP contribution in [0.25, 0.3) is 0 Å². The Hall–Kier alpha value is -3.50. The summed E-state index contributed by atoms with van der Waals surface area (Å²) in [6.07, 6.45) is 5.81. The number of benzene rings is 3. The summed E-state index contributed by atoms with van der Waals surface area (Å²) in [5, 5.41) is 3.86. The molecule has 2 atom stereocenters. The second kappa shape index (κ2) is 9.75. The minimum atomic E-state index is -0.700. The van der Waals surface area contributed by atoms with Crippen LogP contribution in [0.15, 0.2) is 110 Å². The highest BCUT2D eigenvalue weighted by atomic mass is 16.2. The van der Waals surface area contributed by atoms with Crippen molar-refractivity contribution in [3.8, 4) is 0 Å². The van der Waals surface area contributed by atoms with Gasteiger partial charge in [0.1, 0.15) is 6.33 Å². The van der Waals surface area contributed by atoms with E-state index in [0.29, 0.717) is 0 Å². The summed E-state index contributed by atoms with van der Waals surface area (Å²) in [6, 6.07) is 30.7. The number of carbonyl (C=O) groups excluding carboxylic acids is 1. The third-order valence-corrected chi connectivity index (χ3v) is 6.23. The molecule has 0 spiro atoms. The van der Waals surface area contributed by atoms with Crippen LogP contribution in [0, 0.1) is 5.92 Å². The fourth-order valence-electron chi connectivity index (χ4n) is 4.28. The molecule has 4 rings (SSSR count). The van der Waals surface area contributed by atoms with Gasteiger partial charge in [0, 0.05) is 12.4 Å². The molecule has 4 aromatic rings. The van der Waals surface area contributed by atoms with E-state index in [2.05, 4.69) is 60.5 Å². The molecule has 0 aliphatic rings. The van der Waals surface area contributed by atoms with Crippen LogP contribution in [-0.4, -0.2) is 21.5 Å². The molecule has 0 aliphatic heterocycles. The number of hydrogen-bond acceptors (Lipinski definition) is 3. The van der Waals surface area contributed by atoms with E-state index < -0.39 is 11.6 Å². The van der Waals surface area contributed by atoms with Crippen molar-refractivity contribution in [3.63, 3.8) is 0 Å². The molecule has 0 saturated carbocycles. The third-order valence-electron chi connectivity index (χ3n) is 6.23. The lowest BCUT2D eigenvalue weighted by Gasteiger charge is -2.41. The fourth-order valence-corrected chi connectivity index (χ4v) is 4.28. The van der Waals surface area contributed by atoms with Crippen molar-refractivity contribution in [1.29, 1.82) is 0 Å². The molecule has 1 heterocycles. The van der Waals surface area contributed by atoms with E-state index in [1.54, 1.807) is 23.3 Å². The number of aromatic nitrogens is 2. The minimum Gasteiger partial charge on any atom is -0.288 e. The average Bonchev–Trinajstić information content (AvgIpc) is 3.41. The number of nitrogens with one attached hydrogen (secondary N) is 1. The van der Waals surface area contributed by atoms with Crippen LogP contribution in [0.5, 0.6) is 0 Å². The van der Waals surface area contributed by atoms with Crippen molar-refractivity contribution in [2.24, 2.45) is 5.92 Å². The lowest BCUT2D eigenvalue weighted by molar-refractivity contribution is 0.0805. The molecule has 1 aromatic heterocycles. The molecule has 0 aliphatic carbocycles. The van der Waals surface area contributed by atoms with E-state index in [0.717, 1.165) is 23.1 Å². The van der Waals surface area contributed by atoms with Gasteiger partial charge < -0.3 is 0 Å². The van der Waals surface area contributed by atoms with Gasteiger partial charge in [0.15, 0.2) is 0 Å². The number of imidazole rings is 1. The maximum absolute atomic E-state index is 13.6. The van der Waals surface area contributed by atoms with Gasteiger partial charge >= 0.3 is 0 Å². The van der Waals surface area contributed by atoms with E-state index in [1.165, 1.54) is 0 Å². The topological polar surface area (TPSA) is 46.9 Å². The number of hydrogen-bond donors (Lipinski definition) is 1. The van der Waals surface area contributed by atoms with E-state index >= 15 is 0 Å². The molecule has 4 nitrogen and oxygen atoms in total. The molecule has 0 amide bonds. The molecule has 2 unspecified atom stereocenters. The quantitative estimate of drug-likeness (QED) is 0.380. The molecule has 3 aromatic carbocycles. The monoisotopic (exact) mass is 423 g/mol. The molecule has 0 saturated heterocycles. The normalized spacial score (nSPS) is 13.4. The highest BCUT2D eigenvalue weighted by Gasteiger charge is 2.41. The summed E-state index contributed by atoms with van der Waals surface area (Å²) in [6.45, 7) is 4.24. The summed E-state index contributed by atoms with van der Waals surface area (Å²) in [7, 11) is 0. The van der Waals surface area contributed by atoms with Crippen molar-refractivity contribution >= 4 is 5.91 Å². The first-order chi connectivity index (χ1) is 15.7. The first kappa shape index (κ1) is 21.7. The number of nitrogens with zero attached hydrogens (tertiary/aromatic N) is 2. The highest BCUT2D eigenvalue weighted by Crippen LogP contribution is 2.38. The first-order valence-corrected chi connectivity index (χ1v) is 11.1.